The van der Waals surface area contributed by atoms with Crippen LogP contribution in [-0.2, 0) is 4.79 Å². The molecule has 33 heavy (non-hydrogen) atoms. The van der Waals surface area contributed by atoms with Gasteiger partial charge in [-0.05, 0) is 54.2 Å². The molecule has 1 aromatic heterocycles. The molecular weight excluding hydrogens is 460 g/mol. The average molecular weight is 477 g/mol. The molecular formula is C23H16N4O4S2. The number of nitrogens with zero attached hydrogens (tertiary/aromatic N) is 2. The van der Waals surface area contributed by atoms with Crippen molar-refractivity contribution in [3.8, 4) is 16.3 Å². The largest absolute Gasteiger partial charge is 0.507 e. The molecule has 0 aliphatic rings. The number of anilines is 1. The lowest BCUT2D eigenvalue weighted by molar-refractivity contribution is -0.384. The van der Waals surface area contributed by atoms with E-state index < -0.39 is 10.8 Å². The molecule has 10 heteroatoms. The van der Waals surface area contributed by atoms with E-state index >= 15 is 0 Å². The fourth-order valence-electron chi connectivity index (χ4n) is 3.00. The van der Waals surface area contributed by atoms with Crippen LogP contribution in [0, 0.1) is 10.1 Å². The van der Waals surface area contributed by atoms with Gasteiger partial charge in [0.05, 0.1) is 20.7 Å². The van der Waals surface area contributed by atoms with E-state index in [-0.39, 0.29) is 16.5 Å². The van der Waals surface area contributed by atoms with Crippen LogP contribution in [0.4, 0.5) is 11.4 Å². The fourth-order valence-corrected chi connectivity index (χ4v) is 4.21. The highest BCUT2D eigenvalue weighted by molar-refractivity contribution is 7.80. The second-order valence-electron chi connectivity index (χ2n) is 6.85. The highest BCUT2D eigenvalue weighted by atomic mass is 32.1. The van der Waals surface area contributed by atoms with Gasteiger partial charge in [-0.1, -0.05) is 24.3 Å². The molecule has 0 spiro atoms. The zero-order chi connectivity index (χ0) is 23.4. The number of rotatable bonds is 5. The lowest BCUT2D eigenvalue weighted by Gasteiger charge is -2.10. The Hall–Kier alpha value is -4.15. The first-order valence-corrected chi connectivity index (χ1v) is 10.8. The Morgan fingerprint density at radius 2 is 1.94 bits per heavy atom. The van der Waals surface area contributed by atoms with Gasteiger partial charge < -0.3 is 10.4 Å². The number of carbonyl (C=O) groups is 1. The molecule has 3 aromatic carbocycles. The molecule has 0 saturated carbocycles. The predicted molar refractivity (Wildman–Crippen MR) is 133 cm³/mol. The lowest BCUT2D eigenvalue weighted by Crippen LogP contribution is -2.32. The Morgan fingerprint density at radius 1 is 1.12 bits per heavy atom. The molecule has 1 amide bonds. The van der Waals surface area contributed by atoms with Crippen LogP contribution in [-0.4, -0.2) is 26.0 Å². The zero-order valence-electron chi connectivity index (χ0n) is 16.9. The van der Waals surface area contributed by atoms with Gasteiger partial charge in [0, 0.05) is 23.9 Å². The molecule has 0 aliphatic heterocycles. The summed E-state index contributed by atoms with van der Waals surface area (Å²) in [5.74, 6) is -0.418. The highest BCUT2D eigenvalue weighted by Gasteiger charge is 2.12. The van der Waals surface area contributed by atoms with Crippen LogP contribution in [0.3, 0.4) is 0 Å². The van der Waals surface area contributed by atoms with E-state index in [1.807, 2.05) is 24.3 Å². The first-order valence-electron chi connectivity index (χ1n) is 9.62. The number of amides is 1. The van der Waals surface area contributed by atoms with Gasteiger partial charge in [0.15, 0.2) is 5.11 Å². The van der Waals surface area contributed by atoms with Gasteiger partial charge in [-0.25, -0.2) is 4.98 Å². The number of nitrogens with one attached hydrogen (secondary N) is 2. The summed E-state index contributed by atoms with van der Waals surface area (Å²) in [5, 5.41) is 27.3. The number of nitro groups is 1. The molecule has 164 valence electrons. The molecule has 1 heterocycles. The van der Waals surface area contributed by atoms with E-state index in [4.69, 9.17) is 12.2 Å². The fraction of sp³-hybridized carbons (Fsp3) is 0. The number of phenols is 1. The molecule has 0 saturated heterocycles. The smallest absolute Gasteiger partial charge is 0.270 e. The number of hydrogen-bond donors (Lipinski definition) is 3. The van der Waals surface area contributed by atoms with Gasteiger partial charge in [0.25, 0.3) is 5.69 Å². The van der Waals surface area contributed by atoms with Crippen molar-refractivity contribution in [2.24, 2.45) is 0 Å². The monoisotopic (exact) mass is 476 g/mol. The van der Waals surface area contributed by atoms with Gasteiger partial charge in [-0.15, -0.1) is 11.3 Å². The van der Waals surface area contributed by atoms with Crippen LogP contribution < -0.4 is 10.6 Å². The van der Waals surface area contributed by atoms with E-state index in [0.29, 0.717) is 21.8 Å². The van der Waals surface area contributed by atoms with E-state index in [9.17, 15) is 20.0 Å². The molecule has 0 radical (unpaired) electrons. The number of thiocarbonyl (C=S) groups is 1. The first-order chi connectivity index (χ1) is 15.9. The van der Waals surface area contributed by atoms with Crippen molar-refractivity contribution >= 4 is 62.2 Å². The number of phenolic OH excluding ortho intramolecular Hbond substituents is 1. The number of hydrogen-bond acceptors (Lipinski definition) is 7. The molecule has 0 fully saturated rings. The molecule has 0 unspecified atom stereocenters. The van der Waals surface area contributed by atoms with Crippen molar-refractivity contribution in [1.29, 1.82) is 0 Å². The Bertz CT molecular complexity index is 1380. The Morgan fingerprint density at radius 3 is 2.73 bits per heavy atom. The zero-order valence-corrected chi connectivity index (χ0v) is 18.5. The van der Waals surface area contributed by atoms with Gasteiger partial charge >= 0.3 is 0 Å². The van der Waals surface area contributed by atoms with Crippen molar-refractivity contribution in [3.63, 3.8) is 0 Å². The van der Waals surface area contributed by atoms with E-state index in [0.717, 1.165) is 10.2 Å². The first kappa shape index (κ1) is 22.1. The second-order valence-corrected chi connectivity index (χ2v) is 8.29. The van der Waals surface area contributed by atoms with Gasteiger partial charge in [-0.3, -0.25) is 20.2 Å². The van der Waals surface area contributed by atoms with Crippen molar-refractivity contribution in [1.82, 2.24) is 10.3 Å². The molecule has 3 N–H and O–H groups in total. The number of aromatic hydroxyl groups is 1. The summed E-state index contributed by atoms with van der Waals surface area (Å²) < 4.78 is 1.00. The number of non-ortho nitro benzene ring substituents is 1. The number of benzene rings is 3. The van der Waals surface area contributed by atoms with Crippen molar-refractivity contribution in [3.05, 3.63) is 88.5 Å². The average Bonchev–Trinajstić information content (AvgIpc) is 3.23. The minimum atomic E-state index is -0.503. The summed E-state index contributed by atoms with van der Waals surface area (Å²) in [6.07, 6.45) is 2.69. The minimum Gasteiger partial charge on any atom is -0.507 e. The third-order valence-electron chi connectivity index (χ3n) is 4.52. The van der Waals surface area contributed by atoms with Crippen molar-refractivity contribution in [2.75, 3.05) is 5.32 Å². The third kappa shape index (κ3) is 5.37. The van der Waals surface area contributed by atoms with Gasteiger partial charge in [0.1, 0.15) is 10.8 Å². The van der Waals surface area contributed by atoms with Gasteiger partial charge in [0.2, 0.25) is 5.91 Å². The topological polar surface area (TPSA) is 117 Å². The number of carbonyl (C=O) groups excluding carboxylic acids is 1. The molecule has 4 rings (SSSR count). The van der Waals surface area contributed by atoms with Crippen LogP contribution in [0.1, 0.15) is 5.56 Å². The summed E-state index contributed by atoms with van der Waals surface area (Å²) in [6.45, 7) is 0. The third-order valence-corrected chi connectivity index (χ3v) is 5.80. The predicted octanol–water partition coefficient (Wildman–Crippen LogP) is 5.10. The summed E-state index contributed by atoms with van der Waals surface area (Å²) in [5.41, 5.74) is 2.40. The second kappa shape index (κ2) is 9.55. The van der Waals surface area contributed by atoms with Crippen LogP contribution in [0.15, 0.2) is 72.8 Å². The maximum Gasteiger partial charge on any atom is 0.270 e. The number of aromatic nitrogens is 1. The standard InChI is InChI=1S/C23H16N4O4S2/c28-19-10-9-15(13-17(19)22-25-18-6-1-2-7-20(18)33-22)24-23(32)26-21(29)11-8-14-4-3-5-16(12-14)27(30)31/h1-13,28H,(H2,24,26,29,32)/b11-8+. The molecule has 0 bridgehead atoms. The van der Waals surface area contributed by atoms with Crippen molar-refractivity contribution in [2.45, 2.75) is 0 Å². The number of nitro benzene ring substituents is 1. The molecule has 0 atom stereocenters. The summed E-state index contributed by atoms with van der Waals surface area (Å²) in [4.78, 5) is 27.1. The maximum atomic E-state index is 12.2. The van der Waals surface area contributed by atoms with E-state index in [2.05, 4.69) is 15.6 Å². The quantitative estimate of drug-likeness (QED) is 0.121. The summed E-state index contributed by atoms with van der Waals surface area (Å²) in [7, 11) is 0. The molecule has 4 aromatic rings. The van der Waals surface area contributed by atoms with Crippen LogP contribution >= 0.6 is 23.6 Å². The Balaban J connectivity index is 1.43. The number of thiazole rings is 1. The lowest BCUT2D eigenvalue weighted by atomic mass is 10.2. The normalized spacial score (nSPS) is 10.9. The number of fused-ring (bicyclic) bond motifs is 1. The van der Waals surface area contributed by atoms with Crippen LogP contribution in [0.5, 0.6) is 5.75 Å². The number of para-hydroxylation sites is 1. The Labute approximate surface area is 197 Å². The van der Waals surface area contributed by atoms with E-state index in [1.54, 1.807) is 18.2 Å². The van der Waals surface area contributed by atoms with Crippen LogP contribution in [0.25, 0.3) is 26.9 Å². The molecule has 8 nitrogen and oxygen atoms in total. The highest BCUT2D eigenvalue weighted by Crippen LogP contribution is 2.36. The summed E-state index contributed by atoms with van der Waals surface area (Å²) >= 11 is 6.66. The van der Waals surface area contributed by atoms with Crippen LogP contribution in [0.2, 0.25) is 0 Å². The van der Waals surface area contributed by atoms with Gasteiger partial charge in [-0.2, -0.15) is 0 Å². The summed E-state index contributed by atoms with van der Waals surface area (Å²) in [6, 6.07) is 18.5. The molecule has 0 aliphatic carbocycles. The van der Waals surface area contributed by atoms with Crippen molar-refractivity contribution < 1.29 is 14.8 Å². The van der Waals surface area contributed by atoms with E-state index in [1.165, 1.54) is 47.8 Å². The Kier molecular flexibility index (Phi) is 6.38. The minimum absolute atomic E-state index is 0.0598. The SMILES string of the molecule is O=C(/C=C/c1cccc([N+](=O)[O-])c1)NC(=S)Nc1ccc(O)c(-c2nc3ccccc3s2)c1. The maximum absolute atomic E-state index is 12.2.